The lowest BCUT2D eigenvalue weighted by Crippen LogP contribution is -2.45. The molecule has 0 saturated heterocycles. The first-order valence-electron chi connectivity index (χ1n) is 10.6. The van der Waals surface area contributed by atoms with Gasteiger partial charge in [-0.1, -0.05) is 48.5 Å². The molecule has 5 N–H and O–H groups in total. The van der Waals surface area contributed by atoms with Crippen molar-refractivity contribution in [3.05, 3.63) is 89.5 Å². The molecule has 0 unspecified atom stereocenters. The Balaban J connectivity index is 1.82. The van der Waals surface area contributed by atoms with E-state index in [9.17, 15) is 18.5 Å². The molecular weight excluding hydrogens is 450 g/mol. The van der Waals surface area contributed by atoms with Gasteiger partial charge in [0.15, 0.2) is 0 Å². The predicted molar refractivity (Wildman–Crippen MR) is 133 cm³/mol. The van der Waals surface area contributed by atoms with Crippen LogP contribution < -0.4 is 15.8 Å². The van der Waals surface area contributed by atoms with Crippen molar-refractivity contribution in [1.82, 2.24) is 4.72 Å². The first kappa shape index (κ1) is 24.6. The van der Waals surface area contributed by atoms with Gasteiger partial charge in [-0.25, -0.2) is 13.1 Å². The summed E-state index contributed by atoms with van der Waals surface area (Å²) in [6.07, 6.45) is 0.0831. The molecule has 1 amide bonds. The van der Waals surface area contributed by atoms with Crippen molar-refractivity contribution >= 4 is 27.5 Å². The van der Waals surface area contributed by atoms with Crippen LogP contribution in [0, 0.1) is 16.7 Å². The lowest BCUT2D eigenvalue weighted by molar-refractivity contribution is -0.117. The highest BCUT2D eigenvalue weighted by Crippen LogP contribution is 2.24. The minimum Gasteiger partial charge on any atom is -0.384 e. The maximum absolute atomic E-state index is 13.0. The van der Waals surface area contributed by atoms with Gasteiger partial charge in [0.1, 0.15) is 11.9 Å². The number of amidine groups is 1. The van der Waals surface area contributed by atoms with Gasteiger partial charge in [0.2, 0.25) is 15.9 Å². The fourth-order valence-electron chi connectivity index (χ4n) is 3.38. The minimum absolute atomic E-state index is 0.0831. The highest BCUT2D eigenvalue weighted by molar-refractivity contribution is 7.89. The zero-order chi connectivity index (χ0) is 24.7. The Hall–Kier alpha value is -4.00. The number of hydrogen-bond acceptors (Lipinski definition) is 5. The van der Waals surface area contributed by atoms with Gasteiger partial charge in [0.05, 0.1) is 17.4 Å². The summed E-state index contributed by atoms with van der Waals surface area (Å²) >= 11 is 0. The molecule has 34 heavy (non-hydrogen) atoms. The molecule has 174 valence electrons. The third-order valence-corrected chi connectivity index (χ3v) is 6.61. The number of carbonyl (C=O) groups is 1. The van der Waals surface area contributed by atoms with Gasteiger partial charge in [-0.15, -0.1) is 0 Å². The maximum atomic E-state index is 13.0. The number of hydrogen-bond donors (Lipinski definition) is 4. The largest absolute Gasteiger partial charge is 0.384 e. The fourth-order valence-corrected chi connectivity index (χ4v) is 4.17. The van der Waals surface area contributed by atoms with Crippen molar-refractivity contribution in [1.29, 1.82) is 10.7 Å². The number of rotatable bonds is 9. The molecule has 1 atom stereocenters. The molecule has 0 aromatic heterocycles. The monoisotopic (exact) mass is 475 g/mol. The van der Waals surface area contributed by atoms with Crippen molar-refractivity contribution < 1.29 is 13.2 Å². The van der Waals surface area contributed by atoms with Crippen LogP contribution in [-0.2, 0) is 21.2 Å². The number of nitrogen functional groups attached to an aromatic ring is 1. The zero-order valence-electron chi connectivity index (χ0n) is 18.6. The molecular formula is C25H25N5O3S. The standard InChI is InChI=1S/C25H25N5O3S/c1-2-34(32,33)30-23(15-17-6-5-8-19(14-17)24(27)28)25(31)29-21-12-10-18(11-13-21)22-9-4-3-7-20(22)16-26/h3-14,23,30H,2,15H2,1H3,(H3,27,28)(H,29,31)/t23-/m0/s1. The molecule has 0 fully saturated rings. The number of amides is 1. The van der Waals surface area contributed by atoms with E-state index in [4.69, 9.17) is 11.1 Å². The summed E-state index contributed by atoms with van der Waals surface area (Å²) in [5, 5.41) is 19.7. The number of nitrogens with one attached hydrogen (secondary N) is 3. The van der Waals surface area contributed by atoms with Crippen LogP contribution in [0.15, 0.2) is 72.8 Å². The van der Waals surface area contributed by atoms with E-state index in [2.05, 4.69) is 16.1 Å². The molecule has 0 saturated carbocycles. The summed E-state index contributed by atoms with van der Waals surface area (Å²) in [4.78, 5) is 13.0. The van der Waals surface area contributed by atoms with Crippen LogP contribution in [0.1, 0.15) is 23.6 Å². The number of nitriles is 1. The Morgan fingerprint density at radius 3 is 2.44 bits per heavy atom. The Kier molecular flexibility index (Phi) is 7.79. The second-order valence-electron chi connectivity index (χ2n) is 7.62. The van der Waals surface area contributed by atoms with Crippen LogP contribution >= 0.6 is 0 Å². The molecule has 0 bridgehead atoms. The summed E-state index contributed by atoms with van der Waals surface area (Å²) in [5.74, 6) is -0.803. The van der Waals surface area contributed by atoms with Gasteiger partial charge >= 0.3 is 0 Å². The topological polar surface area (TPSA) is 149 Å². The molecule has 0 aliphatic rings. The average Bonchev–Trinajstić information content (AvgIpc) is 2.84. The van der Waals surface area contributed by atoms with Crippen molar-refractivity contribution in [3.63, 3.8) is 0 Å². The summed E-state index contributed by atoms with van der Waals surface area (Å²) in [6.45, 7) is 1.49. The average molecular weight is 476 g/mol. The summed E-state index contributed by atoms with van der Waals surface area (Å²) in [6, 6.07) is 22.0. The van der Waals surface area contributed by atoms with E-state index in [1.807, 2.05) is 12.1 Å². The van der Waals surface area contributed by atoms with E-state index < -0.39 is 22.0 Å². The third-order valence-electron chi connectivity index (χ3n) is 5.21. The first-order valence-corrected chi connectivity index (χ1v) is 12.2. The molecule has 0 radical (unpaired) electrons. The predicted octanol–water partition coefficient (Wildman–Crippen LogP) is 3.00. The summed E-state index contributed by atoms with van der Waals surface area (Å²) in [5.41, 5.74) is 9.33. The van der Waals surface area contributed by atoms with Crippen LogP contribution in [0.3, 0.4) is 0 Å². The van der Waals surface area contributed by atoms with Crippen molar-refractivity contribution in [2.24, 2.45) is 5.73 Å². The number of nitrogens with two attached hydrogens (primary N) is 1. The van der Waals surface area contributed by atoms with E-state index in [1.165, 1.54) is 6.92 Å². The van der Waals surface area contributed by atoms with Gasteiger partial charge in [-0.3, -0.25) is 10.2 Å². The van der Waals surface area contributed by atoms with Crippen molar-refractivity contribution in [2.45, 2.75) is 19.4 Å². The number of benzene rings is 3. The van der Waals surface area contributed by atoms with Gasteiger partial charge in [0.25, 0.3) is 0 Å². The quantitative estimate of drug-likeness (QED) is 0.277. The highest BCUT2D eigenvalue weighted by atomic mass is 32.2. The van der Waals surface area contributed by atoms with Crippen molar-refractivity contribution in [3.8, 4) is 17.2 Å². The number of carbonyl (C=O) groups excluding carboxylic acids is 1. The van der Waals surface area contributed by atoms with E-state index in [0.717, 1.165) is 11.1 Å². The highest BCUT2D eigenvalue weighted by Gasteiger charge is 2.24. The second-order valence-corrected chi connectivity index (χ2v) is 9.66. The van der Waals surface area contributed by atoms with Crippen LogP contribution in [-0.4, -0.2) is 32.0 Å². The maximum Gasteiger partial charge on any atom is 0.242 e. The van der Waals surface area contributed by atoms with E-state index >= 15 is 0 Å². The van der Waals surface area contributed by atoms with E-state index in [1.54, 1.807) is 60.7 Å². The minimum atomic E-state index is -3.66. The molecule has 0 heterocycles. The Morgan fingerprint density at radius 1 is 1.09 bits per heavy atom. The SMILES string of the molecule is CCS(=O)(=O)N[C@@H](Cc1cccc(C(=N)N)c1)C(=O)Nc1ccc(-c2ccccc2C#N)cc1. The lowest BCUT2D eigenvalue weighted by Gasteiger charge is -2.19. The number of sulfonamides is 1. The number of nitrogens with zero attached hydrogens (tertiary/aromatic N) is 1. The van der Waals surface area contributed by atoms with E-state index in [-0.39, 0.29) is 18.0 Å². The number of anilines is 1. The Labute approximate surface area is 199 Å². The molecule has 3 rings (SSSR count). The zero-order valence-corrected chi connectivity index (χ0v) is 19.4. The first-order chi connectivity index (χ1) is 16.2. The van der Waals surface area contributed by atoms with Gasteiger partial charge in [0, 0.05) is 11.3 Å². The van der Waals surface area contributed by atoms with Gasteiger partial charge in [-0.2, -0.15) is 5.26 Å². The molecule has 9 heteroatoms. The lowest BCUT2D eigenvalue weighted by atomic mass is 10.00. The fraction of sp³-hybridized carbons (Fsp3) is 0.160. The molecule has 0 spiro atoms. The second kappa shape index (κ2) is 10.7. The summed E-state index contributed by atoms with van der Waals surface area (Å²) in [7, 11) is -3.66. The molecule has 0 aliphatic carbocycles. The Bertz CT molecular complexity index is 1350. The normalized spacial score (nSPS) is 11.9. The van der Waals surface area contributed by atoms with Crippen LogP contribution in [0.2, 0.25) is 0 Å². The third kappa shape index (κ3) is 6.28. The summed E-state index contributed by atoms with van der Waals surface area (Å²) < 4.78 is 26.9. The van der Waals surface area contributed by atoms with Gasteiger partial charge in [-0.05, 0) is 54.3 Å². The van der Waals surface area contributed by atoms with Crippen molar-refractivity contribution in [2.75, 3.05) is 11.1 Å². The smallest absolute Gasteiger partial charge is 0.242 e. The molecule has 8 nitrogen and oxygen atoms in total. The van der Waals surface area contributed by atoms with Crippen LogP contribution in [0.4, 0.5) is 5.69 Å². The van der Waals surface area contributed by atoms with Gasteiger partial charge < -0.3 is 11.1 Å². The van der Waals surface area contributed by atoms with Crippen LogP contribution in [0.25, 0.3) is 11.1 Å². The van der Waals surface area contributed by atoms with E-state index in [0.29, 0.717) is 22.4 Å². The Morgan fingerprint density at radius 2 is 1.79 bits per heavy atom. The van der Waals surface area contributed by atoms with Crippen LogP contribution in [0.5, 0.6) is 0 Å². The molecule has 3 aromatic rings. The molecule has 3 aromatic carbocycles. The molecule has 0 aliphatic heterocycles.